The number of aryl methyl sites for hydroxylation is 1. The molecule has 3 aromatic rings. The Bertz CT molecular complexity index is 1120. The molecule has 6 heteroatoms. The summed E-state index contributed by atoms with van der Waals surface area (Å²) < 4.78 is 6.81. The minimum atomic E-state index is -0.451. The predicted molar refractivity (Wildman–Crippen MR) is 120 cm³/mol. The van der Waals surface area contributed by atoms with E-state index in [0.717, 1.165) is 10.0 Å². The van der Waals surface area contributed by atoms with Gasteiger partial charge in [0.25, 0.3) is 11.8 Å². The summed E-state index contributed by atoms with van der Waals surface area (Å²) in [6.07, 6.45) is 1.57. The highest BCUT2D eigenvalue weighted by Gasteiger charge is 2.34. The van der Waals surface area contributed by atoms with E-state index >= 15 is 0 Å². The van der Waals surface area contributed by atoms with Gasteiger partial charge in [-0.05, 0) is 48.9 Å². The van der Waals surface area contributed by atoms with Gasteiger partial charge in [0.2, 0.25) is 0 Å². The first-order chi connectivity index (χ1) is 14.5. The first-order valence-electron chi connectivity index (χ1n) is 9.41. The minimum Gasteiger partial charge on any atom is -0.488 e. The summed E-state index contributed by atoms with van der Waals surface area (Å²) in [5, 5.41) is 1.25. The van der Waals surface area contributed by atoms with E-state index in [2.05, 4.69) is 21.4 Å². The second-order valence-electron chi connectivity index (χ2n) is 6.93. The van der Waals surface area contributed by atoms with Crippen LogP contribution in [-0.2, 0) is 16.2 Å². The van der Waals surface area contributed by atoms with Gasteiger partial charge in [0.1, 0.15) is 17.9 Å². The number of hydrazine groups is 1. The van der Waals surface area contributed by atoms with Crippen LogP contribution in [0, 0.1) is 6.92 Å². The molecule has 0 aromatic heterocycles. The molecular formula is C24H19BrN2O3. The van der Waals surface area contributed by atoms with Crippen molar-refractivity contribution in [2.24, 2.45) is 0 Å². The van der Waals surface area contributed by atoms with Crippen LogP contribution in [0.3, 0.4) is 0 Å². The van der Waals surface area contributed by atoms with Gasteiger partial charge in [-0.3, -0.25) is 15.0 Å². The maximum absolute atomic E-state index is 12.8. The van der Waals surface area contributed by atoms with E-state index in [-0.39, 0.29) is 5.57 Å². The number of halogens is 1. The quantitative estimate of drug-likeness (QED) is 0.437. The monoisotopic (exact) mass is 462 g/mol. The van der Waals surface area contributed by atoms with Gasteiger partial charge in [-0.2, -0.15) is 0 Å². The van der Waals surface area contributed by atoms with Crippen molar-refractivity contribution >= 4 is 39.5 Å². The molecule has 1 aliphatic rings. The average molecular weight is 463 g/mol. The molecule has 150 valence electrons. The lowest BCUT2D eigenvalue weighted by Gasteiger charge is -2.14. The van der Waals surface area contributed by atoms with Crippen LogP contribution in [0.1, 0.15) is 16.7 Å². The first kappa shape index (κ1) is 19.9. The molecule has 0 bridgehead atoms. The largest absolute Gasteiger partial charge is 0.488 e. The molecule has 1 fully saturated rings. The second-order valence-corrected chi connectivity index (χ2v) is 7.85. The zero-order valence-electron chi connectivity index (χ0n) is 16.3. The lowest BCUT2D eigenvalue weighted by atomic mass is 10.1. The second kappa shape index (κ2) is 8.55. The van der Waals surface area contributed by atoms with Crippen molar-refractivity contribution in [3.05, 3.63) is 99.5 Å². The molecule has 0 atom stereocenters. The first-order valence-corrected chi connectivity index (χ1v) is 10.2. The third-order valence-electron chi connectivity index (χ3n) is 4.69. The number of para-hydroxylation sites is 1. The third kappa shape index (κ3) is 4.28. The molecule has 2 amide bonds. The van der Waals surface area contributed by atoms with Gasteiger partial charge in [-0.15, -0.1) is 0 Å². The summed E-state index contributed by atoms with van der Waals surface area (Å²) in [7, 11) is 0. The molecule has 0 radical (unpaired) electrons. The number of anilines is 1. The van der Waals surface area contributed by atoms with Gasteiger partial charge in [0.15, 0.2) is 0 Å². The average Bonchev–Trinajstić information content (AvgIpc) is 3.03. The summed E-state index contributed by atoms with van der Waals surface area (Å²) in [5.41, 5.74) is 6.13. The molecule has 0 spiro atoms. The zero-order valence-corrected chi connectivity index (χ0v) is 17.8. The van der Waals surface area contributed by atoms with Gasteiger partial charge in [0, 0.05) is 10.0 Å². The smallest absolute Gasteiger partial charge is 0.282 e. The maximum Gasteiger partial charge on any atom is 0.282 e. The summed E-state index contributed by atoms with van der Waals surface area (Å²) >= 11 is 3.45. The summed E-state index contributed by atoms with van der Waals surface area (Å²) in [5.74, 6) is -0.269. The summed E-state index contributed by atoms with van der Waals surface area (Å²) in [6, 6.07) is 22.6. The number of hydrogen-bond acceptors (Lipinski definition) is 3. The molecule has 5 nitrogen and oxygen atoms in total. The Morgan fingerprint density at radius 2 is 1.73 bits per heavy atom. The predicted octanol–water partition coefficient (Wildman–Crippen LogP) is 4.80. The fourth-order valence-corrected chi connectivity index (χ4v) is 3.46. The molecule has 1 saturated heterocycles. The van der Waals surface area contributed by atoms with Crippen molar-refractivity contribution < 1.29 is 14.3 Å². The number of rotatable bonds is 5. The van der Waals surface area contributed by atoms with Crippen LogP contribution in [0.5, 0.6) is 5.75 Å². The van der Waals surface area contributed by atoms with E-state index in [1.807, 2.05) is 67.6 Å². The van der Waals surface area contributed by atoms with Crippen molar-refractivity contribution in [1.82, 2.24) is 5.43 Å². The Morgan fingerprint density at radius 1 is 1.00 bits per heavy atom. The van der Waals surface area contributed by atoms with Gasteiger partial charge >= 0.3 is 0 Å². The molecule has 0 saturated carbocycles. The SMILES string of the molecule is Cc1ccc(COc2ccc(Br)cc2/C=C2\C(=O)NN(c3ccccc3)C2=O)cc1. The normalized spacial score (nSPS) is 14.9. The topological polar surface area (TPSA) is 58.6 Å². The molecule has 1 N–H and O–H groups in total. The van der Waals surface area contributed by atoms with Gasteiger partial charge in [-0.1, -0.05) is 64.0 Å². The highest BCUT2D eigenvalue weighted by atomic mass is 79.9. The number of hydrogen-bond donors (Lipinski definition) is 1. The standard InChI is InChI=1S/C24H19BrN2O3/c1-16-7-9-17(10-8-16)15-30-22-12-11-19(25)13-18(22)14-21-23(28)26-27(24(21)29)20-5-3-2-4-6-20/h2-14H,15H2,1H3,(H,26,28)/b21-14+. The molecule has 30 heavy (non-hydrogen) atoms. The summed E-state index contributed by atoms with van der Waals surface area (Å²) in [6.45, 7) is 2.42. The van der Waals surface area contributed by atoms with Gasteiger partial charge in [-0.25, -0.2) is 5.01 Å². The number of ether oxygens (including phenoxy) is 1. The van der Waals surface area contributed by atoms with Crippen molar-refractivity contribution in [2.75, 3.05) is 5.01 Å². The lowest BCUT2D eigenvalue weighted by molar-refractivity contribution is -0.117. The van der Waals surface area contributed by atoms with E-state index in [9.17, 15) is 9.59 Å². The Morgan fingerprint density at radius 3 is 2.47 bits per heavy atom. The summed E-state index contributed by atoms with van der Waals surface area (Å²) in [4.78, 5) is 25.3. The molecule has 3 aromatic carbocycles. The Kier molecular flexibility index (Phi) is 5.68. The van der Waals surface area contributed by atoms with E-state index in [0.29, 0.717) is 23.6 Å². The van der Waals surface area contributed by atoms with Crippen LogP contribution in [0.25, 0.3) is 6.08 Å². The molecule has 1 aliphatic heterocycles. The molecular weight excluding hydrogens is 444 g/mol. The van der Waals surface area contributed by atoms with Crippen LogP contribution in [0.2, 0.25) is 0 Å². The maximum atomic E-state index is 12.8. The number of carbonyl (C=O) groups excluding carboxylic acids is 2. The Labute approximate surface area is 183 Å². The number of benzene rings is 3. The van der Waals surface area contributed by atoms with Crippen LogP contribution >= 0.6 is 15.9 Å². The van der Waals surface area contributed by atoms with E-state index < -0.39 is 11.8 Å². The number of amides is 2. The highest BCUT2D eigenvalue weighted by Crippen LogP contribution is 2.28. The van der Waals surface area contributed by atoms with E-state index in [4.69, 9.17) is 4.74 Å². The zero-order chi connectivity index (χ0) is 21.1. The number of nitrogens with zero attached hydrogens (tertiary/aromatic N) is 1. The molecule has 1 heterocycles. The Hall–Kier alpha value is -3.38. The van der Waals surface area contributed by atoms with Crippen LogP contribution in [0.15, 0.2) is 82.8 Å². The Balaban J connectivity index is 1.61. The highest BCUT2D eigenvalue weighted by molar-refractivity contribution is 9.10. The molecule has 0 aliphatic carbocycles. The fourth-order valence-electron chi connectivity index (χ4n) is 3.08. The van der Waals surface area contributed by atoms with Gasteiger partial charge < -0.3 is 4.74 Å². The minimum absolute atomic E-state index is 0.0529. The molecule has 0 unspecified atom stereocenters. The lowest BCUT2D eigenvalue weighted by Crippen LogP contribution is -2.35. The van der Waals surface area contributed by atoms with Crippen LogP contribution in [-0.4, -0.2) is 11.8 Å². The fraction of sp³-hybridized carbons (Fsp3) is 0.0833. The number of carbonyl (C=O) groups is 2. The van der Waals surface area contributed by atoms with Crippen molar-refractivity contribution in [2.45, 2.75) is 13.5 Å². The number of nitrogens with one attached hydrogen (secondary N) is 1. The van der Waals surface area contributed by atoms with Crippen molar-refractivity contribution in [1.29, 1.82) is 0 Å². The molecule has 4 rings (SSSR count). The van der Waals surface area contributed by atoms with Crippen molar-refractivity contribution in [3.8, 4) is 5.75 Å². The van der Waals surface area contributed by atoms with Crippen molar-refractivity contribution in [3.63, 3.8) is 0 Å². The van der Waals surface area contributed by atoms with E-state index in [1.54, 1.807) is 18.2 Å². The van der Waals surface area contributed by atoms with Gasteiger partial charge in [0.05, 0.1) is 5.69 Å². The van der Waals surface area contributed by atoms with E-state index in [1.165, 1.54) is 10.6 Å². The van der Waals surface area contributed by atoms with Crippen LogP contribution < -0.4 is 15.2 Å². The third-order valence-corrected chi connectivity index (χ3v) is 5.19. The van der Waals surface area contributed by atoms with Crippen LogP contribution in [0.4, 0.5) is 5.69 Å².